The first kappa shape index (κ1) is 14.3. The summed E-state index contributed by atoms with van der Waals surface area (Å²) in [5.74, 6) is 0.383. The topological polar surface area (TPSA) is 45.0 Å². The molecule has 23 heavy (non-hydrogen) atoms. The van der Waals surface area contributed by atoms with Crippen LogP contribution in [0.5, 0.6) is 0 Å². The number of carbonyl (C=O) groups is 2. The predicted octanol–water partition coefficient (Wildman–Crippen LogP) is 2.17. The molecule has 0 radical (unpaired) electrons. The van der Waals surface area contributed by atoms with E-state index in [0.717, 1.165) is 50.0 Å². The van der Waals surface area contributed by atoms with E-state index in [0.29, 0.717) is 12.5 Å². The highest BCUT2D eigenvalue weighted by Gasteiger charge is 2.32. The Morgan fingerprint density at radius 2 is 1.96 bits per heavy atom. The van der Waals surface area contributed by atoms with Crippen molar-refractivity contribution >= 4 is 17.3 Å². The Balaban J connectivity index is 1.43. The van der Waals surface area contributed by atoms with Gasteiger partial charge in [0.15, 0.2) is 0 Å². The number of likely N-dealkylation sites (tertiary alicyclic amines) is 2. The summed E-state index contributed by atoms with van der Waals surface area (Å²) in [6.07, 6.45) is 7.31. The normalized spacial score (nSPS) is 19.7. The molecule has 0 bridgehead atoms. The molecule has 2 aromatic heterocycles. The van der Waals surface area contributed by atoms with Crippen LogP contribution >= 0.6 is 0 Å². The fourth-order valence-electron chi connectivity index (χ4n) is 3.79. The average molecular weight is 311 g/mol. The summed E-state index contributed by atoms with van der Waals surface area (Å²) in [6, 6.07) is 8.20. The third-order valence-corrected chi connectivity index (χ3v) is 5.05. The van der Waals surface area contributed by atoms with Gasteiger partial charge in [-0.25, -0.2) is 0 Å². The van der Waals surface area contributed by atoms with Gasteiger partial charge < -0.3 is 14.2 Å². The number of pyridine rings is 1. The monoisotopic (exact) mass is 311 g/mol. The summed E-state index contributed by atoms with van der Waals surface area (Å²) in [4.78, 5) is 28.5. The van der Waals surface area contributed by atoms with Crippen LogP contribution in [0, 0.1) is 0 Å². The molecular weight excluding hydrogens is 290 g/mol. The van der Waals surface area contributed by atoms with Crippen LogP contribution in [0.2, 0.25) is 0 Å². The van der Waals surface area contributed by atoms with Gasteiger partial charge >= 0.3 is 0 Å². The largest absolute Gasteiger partial charge is 0.340 e. The lowest BCUT2D eigenvalue weighted by atomic mass is 10.0. The first-order valence-electron chi connectivity index (χ1n) is 8.38. The zero-order chi connectivity index (χ0) is 15.8. The standard InChI is InChI=1S/C18H21N3O2/c22-17-5-3-9-21(17)15-6-10-19(11-7-15)18(23)14-12-16-4-1-2-8-20(16)13-14/h1-2,4,8,12-13,15H,3,5-7,9-11H2. The van der Waals surface area contributed by atoms with Crippen molar-refractivity contribution in [3.05, 3.63) is 42.2 Å². The molecule has 2 aromatic rings. The van der Waals surface area contributed by atoms with Gasteiger partial charge in [0.1, 0.15) is 0 Å². The van der Waals surface area contributed by atoms with Crippen LogP contribution < -0.4 is 0 Å². The number of fused-ring (bicyclic) bond motifs is 1. The quantitative estimate of drug-likeness (QED) is 0.853. The maximum absolute atomic E-state index is 12.7. The fourth-order valence-corrected chi connectivity index (χ4v) is 3.79. The van der Waals surface area contributed by atoms with Crippen molar-refractivity contribution in [2.75, 3.05) is 19.6 Å². The number of amides is 2. The minimum atomic E-state index is 0.0971. The molecule has 0 aliphatic carbocycles. The van der Waals surface area contributed by atoms with Crippen LogP contribution in [0.15, 0.2) is 36.7 Å². The summed E-state index contributed by atoms with van der Waals surface area (Å²) in [5.41, 5.74) is 1.78. The Labute approximate surface area is 135 Å². The minimum absolute atomic E-state index is 0.0971. The second-order valence-corrected chi connectivity index (χ2v) is 6.48. The summed E-state index contributed by atoms with van der Waals surface area (Å²) in [7, 11) is 0. The summed E-state index contributed by atoms with van der Waals surface area (Å²) >= 11 is 0. The van der Waals surface area contributed by atoms with E-state index in [1.165, 1.54) is 0 Å². The molecule has 0 unspecified atom stereocenters. The van der Waals surface area contributed by atoms with Gasteiger partial charge in [-0.2, -0.15) is 0 Å². The molecule has 5 nitrogen and oxygen atoms in total. The van der Waals surface area contributed by atoms with Gasteiger partial charge in [0.05, 0.1) is 5.56 Å². The second kappa shape index (κ2) is 5.72. The Hall–Kier alpha value is -2.30. The number of rotatable bonds is 2. The molecule has 2 amide bonds. The van der Waals surface area contributed by atoms with Crippen molar-refractivity contribution in [3.63, 3.8) is 0 Å². The van der Waals surface area contributed by atoms with Crippen molar-refractivity contribution in [2.45, 2.75) is 31.7 Å². The zero-order valence-electron chi connectivity index (χ0n) is 13.1. The lowest BCUT2D eigenvalue weighted by Gasteiger charge is -2.36. The molecule has 0 N–H and O–H groups in total. The van der Waals surface area contributed by atoms with Gasteiger partial charge in [-0.15, -0.1) is 0 Å². The van der Waals surface area contributed by atoms with Crippen LogP contribution in [-0.4, -0.2) is 51.7 Å². The molecule has 0 saturated carbocycles. The highest BCUT2D eigenvalue weighted by Crippen LogP contribution is 2.23. The van der Waals surface area contributed by atoms with Crippen LogP contribution in [-0.2, 0) is 4.79 Å². The highest BCUT2D eigenvalue weighted by atomic mass is 16.2. The average Bonchev–Trinajstić information content (AvgIpc) is 3.20. The van der Waals surface area contributed by atoms with E-state index in [-0.39, 0.29) is 11.8 Å². The van der Waals surface area contributed by atoms with Gasteiger partial charge in [0.2, 0.25) is 5.91 Å². The first-order valence-corrected chi connectivity index (χ1v) is 8.38. The van der Waals surface area contributed by atoms with Crippen molar-refractivity contribution < 1.29 is 9.59 Å². The van der Waals surface area contributed by atoms with Gasteiger partial charge in [0, 0.05) is 50.0 Å². The zero-order valence-corrected chi connectivity index (χ0v) is 13.1. The number of hydrogen-bond acceptors (Lipinski definition) is 2. The van der Waals surface area contributed by atoms with E-state index in [9.17, 15) is 9.59 Å². The fraction of sp³-hybridized carbons (Fsp3) is 0.444. The van der Waals surface area contributed by atoms with Crippen molar-refractivity contribution in [1.29, 1.82) is 0 Å². The lowest BCUT2D eigenvalue weighted by Crippen LogP contribution is -2.47. The minimum Gasteiger partial charge on any atom is -0.340 e. The molecule has 2 aliphatic rings. The highest BCUT2D eigenvalue weighted by molar-refractivity contribution is 5.95. The molecule has 0 atom stereocenters. The summed E-state index contributed by atoms with van der Waals surface area (Å²) < 4.78 is 1.98. The van der Waals surface area contributed by atoms with Crippen molar-refractivity contribution in [2.24, 2.45) is 0 Å². The molecule has 2 fully saturated rings. The third-order valence-electron chi connectivity index (χ3n) is 5.05. The number of piperidine rings is 1. The Kier molecular flexibility index (Phi) is 3.56. The number of carbonyl (C=O) groups excluding carboxylic acids is 2. The van der Waals surface area contributed by atoms with E-state index in [1.54, 1.807) is 0 Å². The molecular formula is C18H21N3O2. The van der Waals surface area contributed by atoms with Crippen LogP contribution in [0.3, 0.4) is 0 Å². The molecule has 0 spiro atoms. The molecule has 4 rings (SSSR count). The van der Waals surface area contributed by atoms with Gasteiger partial charge in [0.25, 0.3) is 5.91 Å². The SMILES string of the molecule is O=C(c1cc2ccccn2c1)N1CCC(N2CCCC2=O)CC1. The van der Waals surface area contributed by atoms with Crippen molar-refractivity contribution in [3.8, 4) is 0 Å². The first-order chi connectivity index (χ1) is 11.2. The molecule has 2 aliphatic heterocycles. The van der Waals surface area contributed by atoms with Crippen LogP contribution in [0.4, 0.5) is 0 Å². The molecule has 2 saturated heterocycles. The van der Waals surface area contributed by atoms with Gasteiger partial charge in [-0.3, -0.25) is 9.59 Å². The van der Waals surface area contributed by atoms with E-state index in [2.05, 4.69) is 0 Å². The Bertz CT molecular complexity index is 711. The summed E-state index contributed by atoms with van der Waals surface area (Å²) in [6.45, 7) is 2.36. The molecule has 4 heterocycles. The Morgan fingerprint density at radius 1 is 1.13 bits per heavy atom. The van der Waals surface area contributed by atoms with E-state index in [4.69, 9.17) is 0 Å². The van der Waals surface area contributed by atoms with Crippen LogP contribution in [0.1, 0.15) is 36.0 Å². The molecule has 0 aromatic carbocycles. The number of hydrogen-bond donors (Lipinski definition) is 0. The molecule has 120 valence electrons. The predicted molar refractivity (Wildman–Crippen MR) is 87.3 cm³/mol. The molecule has 5 heteroatoms. The maximum atomic E-state index is 12.7. The van der Waals surface area contributed by atoms with Crippen LogP contribution in [0.25, 0.3) is 5.52 Å². The lowest BCUT2D eigenvalue weighted by molar-refractivity contribution is -0.130. The maximum Gasteiger partial charge on any atom is 0.255 e. The number of aromatic nitrogens is 1. The van der Waals surface area contributed by atoms with Gasteiger partial charge in [-0.1, -0.05) is 6.07 Å². The van der Waals surface area contributed by atoms with Crippen molar-refractivity contribution in [1.82, 2.24) is 14.2 Å². The number of nitrogens with zero attached hydrogens (tertiary/aromatic N) is 3. The van der Waals surface area contributed by atoms with E-state index in [1.807, 2.05) is 50.9 Å². The summed E-state index contributed by atoms with van der Waals surface area (Å²) in [5, 5.41) is 0. The third kappa shape index (κ3) is 2.60. The Morgan fingerprint density at radius 3 is 2.65 bits per heavy atom. The van der Waals surface area contributed by atoms with E-state index >= 15 is 0 Å². The second-order valence-electron chi connectivity index (χ2n) is 6.48. The van der Waals surface area contributed by atoms with Gasteiger partial charge in [-0.05, 0) is 37.5 Å². The van der Waals surface area contributed by atoms with E-state index < -0.39 is 0 Å². The smallest absolute Gasteiger partial charge is 0.255 e.